The fraction of sp³-hybridized carbons (Fsp3) is 0.432. The number of carbonyl (C=O) groups is 2. The van der Waals surface area contributed by atoms with Gasteiger partial charge < -0.3 is 14.7 Å². The summed E-state index contributed by atoms with van der Waals surface area (Å²) in [5, 5.41) is 16.3. The summed E-state index contributed by atoms with van der Waals surface area (Å²) in [6.45, 7) is 9.59. The highest BCUT2D eigenvalue weighted by molar-refractivity contribution is 7.22. The molecule has 0 spiro atoms. The molecular weight excluding hydrogens is 660 g/mol. The molecule has 1 amide bonds. The molecule has 0 aliphatic carbocycles. The van der Waals surface area contributed by atoms with Crippen LogP contribution in [0.15, 0.2) is 42.5 Å². The first kappa shape index (κ1) is 30.0. The van der Waals surface area contributed by atoms with Crippen molar-refractivity contribution >= 4 is 56.1 Å². The van der Waals surface area contributed by atoms with E-state index in [4.69, 9.17) is 30.4 Å². The Labute approximate surface area is 298 Å². The molecule has 10 nitrogen and oxygen atoms in total. The molecule has 5 heterocycles. The molecule has 256 valence electrons. The number of amides is 1. The number of halogens is 1. The van der Waals surface area contributed by atoms with E-state index in [9.17, 15) is 14.7 Å². The number of aliphatic carboxylic acids is 1. The van der Waals surface area contributed by atoms with Crippen LogP contribution in [0.5, 0.6) is 0 Å². The monoisotopic (exact) mass is 703 g/mol. The summed E-state index contributed by atoms with van der Waals surface area (Å²) in [7, 11) is 0. The second-order valence-corrected chi connectivity index (χ2v) is 15.5. The number of aromatic nitrogens is 4. The van der Waals surface area contributed by atoms with Crippen molar-refractivity contribution in [2.45, 2.75) is 71.1 Å². The van der Waals surface area contributed by atoms with E-state index in [0.29, 0.717) is 55.1 Å². The Bertz CT molecular complexity index is 2180. The van der Waals surface area contributed by atoms with Crippen LogP contribution in [-0.2, 0) is 21.3 Å². The van der Waals surface area contributed by atoms with E-state index >= 15 is 0 Å². The van der Waals surface area contributed by atoms with Crippen molar-refractivity contribution < 1.29 is 23.5 Å². The largest absolute Gasteiger partial charge is 0.479 e. The minimum atomic E-state index is -2.49. The van der Waals surface area contributed by atoms with Crippen molar-refractivity contribution in [2.24, 2.45) is 6.98 Å². The maximum Gasteiger partial charge on any atom is 0.337 e. The van der Waals surface area contributed by atoms with E-state index in [1.807, 2.05) is 50.8 Å². The molecule has 2 aliphatic heterocycles. The molecule has 2 aromatic carbocycles. The lowest BCUT2D eigenvalue weighted by Crippen LogP contribution is -2.61. The fourth-order valence-electron chi connectivity index (χ4n) is 7.04. The van der Waals surface area contributed by atoms with Crippen LogP contribution < -0.4 is 0 Å². The number of rotatable bonds is 7. The van der Waals surface area contributed by atoms with Gasteiger partial charge in [0, 0.05) is 59.2 Å². The van der Waals surface area contributed by atoms with Gasteiger partial charge in [0.2, 0.25) is 5.91 Å². The van der Waals surface area contributed by atoms with Gasteiger partial charge in [-0.25, -0.2) is 14.8 Å². The molecule has 2 fully saturated rings. The Hall–Kier alpha value is -3.90. The van der Waals surface area contributed by atoms with Crippen molar-refractivity contribution in [2.75, 3.05) is 26.2 Å². The minimum Gasteiger partial charge on any atom is -0.479 e. The number of carbonyl (C=O) groups excluding carboxylic acids is 1. The molecule has 0 radical (unpaired) electrons. The fourth-order valence-corrected chi connectivity index (χ4v) is 8.26. The van der Waals surface area contributed by atoms with Crippen molar-refractivity contribution in [3.05, 3.63) is 64.3 Å². The van der Waals surface area contributed by atoms with Gasteiger partial charge in [0.25, 0.3) is 0 Å². The molecule has 1 atom stereocenters. The first-order chi connectivity index (χ1) is 24.5. The molecule has 1 N–H and O–H groups in total. The zero-order valence-corrected chi connectivity index (χ0v) is 29.7. The van der Waals surface area contributed by atoms with Gasteiger partial charge in [0.05, 0.1) is 32.7 Å². The standard InChI is InChI=1S/C37H41ClN6O4S/c1-20-17-27-34(30(22-7-9-24(38)10-8-22)29(20)33(36(46)47)48-37(3,4)5)49-35(40-27)26-11-12-28-32(39-26)31(41-42(28)6)23-13-15-43(16-14-23)25-18-44(19-25)21(2)45/h7-12,17,23,25,33H,13-16,18-19H2,1-6H3,(H,46,47)/i6D3. The van der Waals surface area contributed by atoms with E-state index in [2.05, 4.69) is 10.00 Å². The number of carboxylic acids is 1. The first-order valence-corrected chi connectivity index (χ1v) is 17.7. The molecule has 0 bridgehead atoms. The van der Waals surface area contributed by atoms with Gasteiger partial charge in [-0.1, -0.05) is 23.7 Å². The van der Waals surface area contributed by atoms with Gasteiger partial charge in [0.15, 0.2) is 6.10 Å². The van der Waals surface area contributed by atoms with Crippen LogP contribution in [0, 0.1) is 6.92 Å². The predicted octanol–water partition coefficient (Wildman–Crippen LogP) is 7.22. The third-order valence-electron chi connectivity index (χ3n) is 9.53. The zero-order chi connectivity index (χ0) is 37.3. The molecule has 7 rings (SSSR count). The normalized spacial score (nSPS) is 18.3. The van der Waals surface area contributed by atoms with Crippen molar-refractivity contribution in [1.29, 1.82) is 0 Å². The van der Waals surface area contributed by atoms with E-state index in [1.54, 1.807) is 31.2 Å². The number of fused-ring (bicyclic) bond motifs is 2. The number of aryl methyl sites for hydroxylation is 2. The maximum absolute atomic E-state index is 12.8. The number of thiazole rings is 1. The first-order valence-electron chi connectivity index (χ1n) is 18.0. The van der Waals surface area contributed by atoms with E-state index < -0.39 is 24.7 Å². The number of carboxylic acid groups (broad SMARTS) is 1. The Morgan fingerprint density at radius 2 is 1.82 bits per heavy atom. The van der Waals surface area contributed by atoms with Crippen LogP contribution >= 0.6 is 22.9 Å². The van der Waals surface area contributed by atoms with Crippen LogP contribution in [0.25, 0.3) is 43.1 Å². The Kier molecular flexibility index (Phi) is 7.81. The molecule has 1 unspecified atom stereocenters. The third kappa shape index (κ3) is 6.45. The highest BCUT2D eigenvalue weighted by Gasteiger charge is 2.36. The summed E-state index contributed by atoms with van der Waals surface area (Å²) in [4.78, 5) is 38.8. The molecule has 2 aliphatic rings. The van der Waals surface area contributed by atoms with Crippen molar-refractivity contribution in [1.82, 2.24) is 29.5 Å². The second kappa shape index (κ2) is 12.8. The van der Waals surface area contributed by atoms with Crippen molar-refractivity contribution in [3.63, 3.8) is 0 Å². The smallest absolute Gasteiger partial charge is 0.337 e. The van der Waals surface area contributed by atoms with Gasteiger partial charge in [-0.15, -0.1) is 11.3 Å². The summed E-state index contributed by atoms with van der Waals surface area (Å²) in [6.07, 6.45) is 0.349. The SMILES string of the molecule is [2H]C([2H])([2H])n1nc(C2CCN(C3CN(C(C)=O)C3)CC2)c2nc(-c3nc4cc(C)c(C(OC(C)(C)C)C(=O)O)c(-c5ccc(Cl)cc5)c4s3)ccc21. The summed E-state index contributed by atoms with van der Waals surface area (Å²) < 4.78 is 32.7. The summed E-state index contributed by atoms with van der Waals surface area (Å²) in [5.74, 6) is -0.986. The number of piperidine rings is 1. The quantitative estimate of drug-likeness (QED) is 0.189. The van der Waals surface area contributed by atoms with Crippen LogP contribution in [-0.4, -0.2) is 84.4 Å². The highest BCUT2D eigenvalue weighted by atomic mass is 35.5. The lowest BCUT2D eigenvalue weighted by Gasteiger charge is -2.47. The average Bonchev–Trinajstić information content (AvgIpc) is 3.64. The Balaban J connectivity index is 1.31. The Morgan fingerprint density at radius 3 is 2.45 bits per heavy atom. The summed E-state index contributed by atoms with van der Waals surface area (Å²) >= 11 is 7.67. The Morgan fingerprint density at radius 1 is 1.10 bits per heavy atom. The van der Waals surface area contributed by atoms with Gasteiger partial charge in [0.1, 0.15) is 10.5 Å². The van der Waals surface area contributed by atoms with Crippen LogP contribution in [0.1, 0.15) is 73.5 Å². The maximum atomic E-state index is 12.8. The number of hydrogen-bond acceptors (Lipinski definition) is 8. The number of hydrogen-bond donors (Lipinski definition) is 1. The lowest BCUT2D eigenvalue weighted by atomic mass is 9.91. The van der Waals surface area contributed by atoms with Gasteiger partial charge >= 0.3 is 5.97 Å². The molecule has 5 aromatic rings. The van der Waals surface area contributed by atoms with Gasteiger partial charge in [-0.05, 0) is 95.1 Å². The minimum absolute atomic E-state index is 0.0157. The van der Waals surface area contributed by atoms with Crippen molar-refractivity contribution in [3.8, 4) is 21.8 Å². The van der Waals surface area contributed by atoms with E-state index in [-0.39, 0.29) is 11.8 Å². The summed E-state index contributed by atoms with van der Waals surface area (Å²) in [5.41, 5.74) is 4.89. The average molecular weight is 704 g/mol. The number of pyridine rings is 1. The molecule has 3 aromatic heterocycles. The molecule has 0 saturated carbocycles. The van der Waals surface area contributed by atoms with E-state index in [1.165, 1.54) is 11.3 Å². The predicted molar refractivity (Wildman–Crippen MR) is 193 cm³/mol. The van der Waals surface area contributed by atoms with Crippen LogP contribution in [0.2, 0.25) is 5.02 Å². The molecular formula is C37H41ClN6O4S. The van der Waals surface area contributed by atoms with E-state index in [0.717, 1.165) is 59.5 Å². The summed E-state index contributed by atoms with van der Waals surface area (Å²) in [6, 6.07) is 13.0. The van der Waals surface area contributed by atoms with Gasteiger partial charge in [-0.3, -0.25) is 14.4 Å². The molecule has 2 saturated heterocycles. The lowest BCUT2D eigenvalue weighted by molar-refractivity contribution is -0.160. The van der Waals surface area contributed by atoms with Crippen LogP contribution in [0.4, 0.5) is 0 Å². The molecule has 49 heavy (non-hydrogen) atoms. The highest BCUT2D eigenvalue weighted by Crippen LogP contribution is 2.44. The topological polar surface area (TPSA) is 114 Å². The molecule has 12 heteroatoms. The number of nitrogens with zero attached hydrogens (tertiary/aromatic N) is 6. The number of benzene rings is 2. The third-order valence-corrected chi connectivity index (χ3v) is 10.9. The van der Waals surface area contributed by atoms with Crippen LogP contribution in [0.3, 0.4) is 0 Å². The number of ether oxygens (including phenoxy) is 1. The van der Waals surface area contributed by atoms with Gasteiger partial charge in [-0.2, -0.15) is 5.10 Å². The number of likely N-dealkylation sites (tertiary alicyclic amines) is 2. The zero-order valence-electron chi connectivity index (χ0n) is 31.2. The second-order valence-electron chi connectivity index (χ2n) is 14.1.